The van der Waals surface area contributed by atoms with Crippen LogP contribution in [0.25, 0.3) is 0 Å². The van der Waals surface area contributed by atoms with Gasteiger partial charge in [0.1, 0.15) is 5.75 Å². The minimum absolute atomic E-state index is 0.0793. The largest absolute Gasteiger partial charge is 0.497 e. The van der Waals surface area contributed by atoms with E-state index in [0.717, 1.165) is 17.9 Å². The van der Waals surface area contributed by atoms with Gasteiger partial charge in [-0.2, -0.15) is 0 Å². The molecule has 0 radical (unpaired) electrons. The van der Waals surface area contributed by atoms with Crippen LogP contribution in [0.15, 0.2) is 24.3 Å². The van der Waals surface area contributed by atoms with Crippen LogP contribution in [0.2, 0.25) is 0 Å². The molecule has 1 saturated heterocycles. The lowest BCUT2D eigenvalue weighted by Crippen LogP contribution is -2.48. The van der Waals surface area contributed by atoms with Crippen molar-refractivity contribution in [3.63, 3.8) is 0 Å². The van der Waals surface area contributed by atoms with Crippen molar-refractivity contribution in [2.75, 3.05) is 20.2 Å². The van der Waals surface area contributed by atoms with Crippen LogP contribution < -0.4 is 10.1 Å². The Kier molecular flexibility index (Phi) is 6.17. The monoisotopic (exact) mass is 358 g/mol. The second kappa shape index (κ2) is 8.56. The summed E-state index contributed by atoms with van der Waals surface area (Å²) in [6.45, 7) is 3.34. The predicted octanol–water partition coefficient (Wildman–Crippen LogP) is 3.30. The van der Waals surface area contributed by atoms with Gasteiger partial charge in [0.05, 0.1) is 19.1 Å². The first-order valence-corrected chi connectivity index (χ1v) is 9.85. The number of benzene rings is 1. The van der Waals surface area contributed by atoms with Gasteiger partial charge in [0.25, 0.3) is 0 Å². The van der Waals surface area contributed by atoms with Crippen molar-refractivity contribution in [3.05, 3.63) is 29.8 Å². The number of carbonyl (C=O) groups excluding carboxylic acids is 2. The Morgan fingerprint density at radius 3 is 2.73 bits per heavy atom. The average Bonchev–Trinajstić information content (AvgIpc) is 3.19. The fraction of sp³-hybridized carbons (Fsp3) is 0.619. The first kappa shape index (κ1) is 18.7. The van der Waals surface area contributed by atoms with Gasteiger partial charge in [-0.05, 0) is 49.8 Å². The molecule has 1 saturated carbocycles. The van der Waals surface area contributed by atoms with E-state index in [1.54, 1.807) is 7.11 Å². The summed E-state index contributed by atoms with van der Waals surface area (Å²) >= 11 is 0. The van der Waals surface area contributed by atoms with E-state index in [9.17, 15) is 9.59 Å². The maximum Gasteiger partial charge on any atom is 0.225 e. The van der Waals surface area contributed by atoms with E-state index < -0.39 is 0 Å². The zero-order valence-corrected chi connectivity index (χ0v) is 15.9. The van der Waals surface area contributed by atoms with Gasteiger partial charge in [-0.25, -0.2) is 0 Å². The molecule has 1 aromatic carbocycles. The average molecular weight is 358 g/mol. The summed E-state index contributed by atoms with van der Waals surface area (Å²) in [7, 11) is 1.63. The Bertz CT molecular complexity index is 640. The summed E-state index contributed by atoms with van der Waals surface area (Å²) in [5.74, 6) is 1.36. The van der Waals surface area contributed by atoms with Crippen molar-refractivity contribution in [1.29, 1.82) is 0 Å². The van der Waals surface area contributed by atoms with Crippen LogP contribution in [0.5, 0.6) is 5.75 Å². The van der Waals surface area contributed by atoms with Crippen molar-refractivity contribution in [1.82, 2.24) is 10.2 Å². The third kappa shape index (κ3) is 4.02. The van der Waals surface area contributed by atoms with E-state index in [1.807, 2.05) is 36.1 Å². The maximum absolute atomic E-state index is 13.0. The van der Waals surface area contributed by atoms with Crippen LogP contribution in [0.3, 0.4) is 0 Å². The van der Waals surface area contributed by atoms with Gasteiger partial charge in [-0.3, -0.25) is 9.59 Å². The maximum atomic E-state index is 13.0. The number of methoxy groups -OCH3 is 1. The van der Waals surface area contributed by atoms with E-state index in [4.69, 9.17) is 4.74 Å². The quantitative estimate of drug-likeness (QED) is 0.849. The van der Waals surface area contributed by atoms with Gasteiger partial charge in [-0.1, -0.05) is 25.0 Å². The summed E-state index contributed by atoms with van der Waals surface area (Å²) in [5.41, 5.74) is 0.972. The van der Waals surface area contributed by atoms with Gasteiger partial charge in [0.15, 0.2) is 0 Å². The zero-order valence-electron chi connectivity index (χ0n) is 15.9. The number of hydrogen-bond donors (Lipinski definition) is 1. The van der Waals surface area contributed by atoms with Crippen LogP contribution in [-0.2, 0) is 9.59 Å². The number of nitrogens with zero attached hydrogens (tertiary/aromatic N) is 1. The number of likely N-dealkylation sites (tertiary alicyclic amines) is 1. The molecule has 2 atom stereocenters. The number of ether oxygens (including phenoxy) is 1. The third-order valence-corrected chi connectivity index (χ3v) is 5.86. The number of amides is 2. The highest BCUT2D eigenvalue weighted by Gasteiger charge is 2.40. The Labute approximate surface area is 156 Å². The van der Waals surface area contributed by atoms with Gasteiger partial charge in [0.2, 0.25) is 11.8 Å². The van der Waals surface area contributed by atoms with Crippen LogP contribution in [0.1, 0.15) is 57.1 Å². The minimum atomic E-state index is -0.222. The van der Waals surface area contributed by atoms with Crippen LogP contribution in [0.4, 0.5) is 0 Å². The molecule has 5 heteroatoms. The third-order valence-electron chi connectivity index (χ3n) is 5.86. The molecule has 142 valence electrons. The highest BCUT2D eigenvalue weighted by atomic mass is 16.5. The number of hydrogen-bond acceptors (Lipinski definition) is 3. The summed E-state index contributed by atoms with van der Waals surface area (Å²) < 4.78 is 5.35. The Morgan fingerprint density at radius 1 is 1.27 bits per heavy atom. The smallest absolute Gasteiger partial charge is 0.225 e. The van der Waals surface area contributed by atoms with E-state index in [-0.39, 0.29) is 23.8 Å². The fourth-order valence-electron chi connectivity index (χ4n) is 4.43. The van der Waals surface area contributed by atoms with E-state index >= 15 is 0 Å². The van der Waals surface area contributed by atoms with Crippen LogP contribution >= 0.6 is 0 Å². The first-order chi connectivity index (χ1) is 12.6. The molecule has 2 amide bonds. The standard InChI is InChI=1S/C21H30N2O3/c1-3-23-19(24)12-11-18(21(25)22-14-15-7-4-5-8-15)20(23)16-9-6-10-17(13-16)26-2/h6,9-10,13,15,18,20H,3-5,7-8,11-12,14H2,1-2H3,(H,22,25)/t18-,20+/m1/s1. The van der Waals surface area contributed by atoms with Crippen LogP contribution in [0, 0.1) is 11.8 Å². The number of carbonyl (C=O) groups is 2. The second-order valence-corrected chi connectivity index (χ2v) is 7.44. The summed E-state index contributed by atoms with van der Waals surface area (Å²) in [6, 6.07) is 7.53. The summed E-state index contributed by atoms with van der Waals surface area (Å²) in [4.78, 5) is 27.3. The van der Waals surface area contributed by atoms with Crippen molar-refractivity contribution in [3.8, 4) is 5.75 Å². The van der Waals surface area contributed by atoms with Crippen LogP contribution in [-0.4, -0.2) is 36.9 Å². The molecular weight excluding hydrogens is 328 g/mol. The molecule has 1 aliphatic carbocycles. The molecular formula is C21H30N2O3. The summed E-state index contributed by atoms with van der Waals surface area (Å²) in [6.07, 6.45) is 6.01. The van der Waals surface area contributed by atoms with Gasteiger partial charge >= 0.3 is 0 Å². The van der Waals surface area contributed by atoms with E-state index in [2.05, 4.69) is 5.32 Å². The minimum Gasteiger partial charge on any atom is -0.497 e. The number of rotatable bonds is 6. The fourth-order valence-corrected chi connectivity index (χ4v) is 4.43. The summed E-state index contributed by atoms with van der Waals surface area (Å²) in [5, 5.41) is 3.17. The predicted molar refractivity (Wildman–Crippen MR) is 101 cm³/mol. The molecule has 1 aromatic rings. The lowest BCUT2D eigenvalue weighted by atomic mass is 9.83. The first-order valence-electron chi connectivity index (χ1n) is 9.85. The Morgan fingerprint density at radius 2 is 2.04 bits per heavy atom. The van der Waals surface area contributed by atoms with E-state index in [0.29, 0.717) is 25.3 Å². The highest BCUT2D eigenvalue weighted by Crippen LogP contribution is 2.38. The molecule has 1 heterocycles. The lowest BCUT2D eigenvalue weighted by Gasteiger charge is -2.40. The van der Waals surface area contributed by atoms with E-state index in [1.165, 1.54) is 25.7 Å². The van der Waals surface area contributed by atoms with Crippen molar-refractivity contribution in [2.45, 2.75) is 51.5 Å². The van der Waals surface area contributed by atoms with Gasteiger partial charge < -0.3 is 15.0 Å². The molecule has 0 spiro atoms. The van der Waals surface area contributed by atoms with Gasteiger partial charge in [0, 0.05) is 19.5 Å². The molecule has 2 aliphatic rings. The van der Waals surface area contributed by atoms with Gasteiger partial charge in [-0.15, -0.1) is 0 Å². The molecule has 5 nitrogen and oxygen atoms in total. The molecule has 1 N–H and O–H groups in total. The normalized spacial score (nSPS) is 23.9. The number of nitrogens with one attached hydrogen (secondary N) is 1. The Hall–Kier alpha value is -2.04. The molecule has 0 unspecified atom stereocenters. The second-order valence-electron chi connectivity index (χ2n) is 7.44. The topological polar surface area (TPSA) is 58.6 Å². The highest BCUT2D eigenvalue weighted by molar-refractivity contribution is 5.85. The lowest BCUT2D eigenvalue weighted by molar-refractivity contribution is -0.143. The Balaban J connectivity index is 1.80. The van der Waals surface area contributed by atoms with Crippen molar-refractivity contribution >= 4 is 11.8 Å². The molecule has 2 fully saturated rings. The number of piperidine rings is 1. The molecule has 0 bridgehead atoms. The molecule has 0 aromatic heterocycles. The van der Waals surface area contributed by atoms with Crippen molar-refractivity contribution < 1.29 is 14.3 Å². The molecule has 3 rings (SSSR count). The molecule has 1 aliphatic heterocycles. The zero-order chi connectivity index (χ0) is 18.5. The van der Waals surface area contributed by atoms with Crippen molar-refractivity contribution in [2.24, 2.45) is 11.8 Å². The molecule has 26 heavy (non-hydrogen) atoms. The SMILES string of the molecule is CCN1C(=O)CC[C@@H](C(=O)NCC2CCCC2)[C@@H]1c1cccc(OC)c1.